The smallest absolute Gasteiger partial charge is 0.250 e. The van der Waals surface area contributed by atoms with Gasteiger partial charge in [-0.15, -0.1) is 0 Å². The molecule has 0 aliphatic carbocycles. The van der Waals surface area contributed by atoms with Gasteiger partial charge in [-0.05, 0) is 24.7 Å². The SMILES string of the molecule is CCCCCCCCCCCC[n+]1ccn(-c2ncccc2[O-])c1. The summed E-state index contributed by atoms with van der Waals surface area (Å²) < 4.78 is 3.94. The largest absolute Gasteiger partial charge is 0.868 e. The molecular formula is C20H31N3O. The van der Waals surface area contributed by atoms with E-state index in [4.69, 9.17) is 0 Å². The molecule has 0 aliphatic rings. The number of unbranched alkanes of at least 4 members (excludes halogenated alkanes) is 9. The molecule has 4 heteroatoms. The first-order valence-corrected chi connectivity index (χ1v) is 9.50. The Morgan fingerprint density at radius 2 is 1.67 bits per heavy atom. The fraction of sp³-hybridized carbons (Fsp3) is 0.600. The predicted molar refractivity (Wildman–Crippen MR) is 95.0 cm³/mol. The topological polar surface area (TPSA) is 44.8 Å². The van der Waals surface area contributed by atoms with Crippen LogP contribution in [0.15, 0.2) is 37.1 Å². The van der Waals surface area contributed by atoms with E-state index in [1.165, 1.54) is 64.2 Å². The van der Waals surface area contributed by atoms with E-state index in [0.717, 1.165) is 6.54 Å². The average Bonchev–Trinajstić information content (AvgIpc) is 3.05. The van der Waals surface area contributed by atoms with E-state index in [-0.39, 0.29) is 5.75 Å². The third kappa shape index (κ3) is 6.34. The molecule has 0 saturated heterocycles. The van der Waals surface area contributed by atoms with Crippen molar-refractivity contribution in [2.75, 3.05) is 0 Å². The second-order valence-electron chi connectivity index (χ2n) is 6.57. The molecule has 0 unspecified atom stereocenters. The van der Waals surface area contributed by atoms with E-state index < -0.39 is 0 Å². The second kappa shape index (κ2) is 10.8. The van der Waals surface area contributed by atoms with Gasteiger partial charge in [0, 0.05) is 6.20 Å². The van der Waals surface area contributed by atoms with Crippen molar-refractivity contribution in [2.45, 2.75) is 77.7 Å². The van der Waals surface area contributed by atoms with Crippen molar-refractivity contribution in [3.8, 4) is 11.6 Å². The number of hydrogen-bond donors (Lipinski definition) is 0. The molecule has 2 aromatic rings. The molecule has 0 aliphatic heterocycles. The Morgan fingerprint density at radius 1 is 1.00 bits per heavy atom. The monoisotopic (exact) mass is 329 g/mol. The Kier molecular flexibility index (Phi) is 8.36. The minimum Gasteiger partial charge on any atom is -0.868 e. The molecule has 0 radical (unpaired) electrons. The van der Waals surface area contributed by atoms with Gasteiger partial charge in [0.25, 0.3) is 0 Å². The Bertz CT molecular complexity index is 580. The standard InChI is InChI=1S/C20H31N3O/c1-2-3-4-5-6-7-8-9-10-11-15-22-16-17-23(18-22)20-19(24)13-12-14-21-20/h12-14,16-18H,2-11,15H2,1H3. The van der Waals surface area contributed by atoms with Gasteiger partial charge in [-0.1, -0.05) is 64.4 Å². The molecule has 0 saturated carbocycles. The lowest BCUT2D eigenvalue weighted by Crippen LogP contribution is -2.30. The van der Waals surface area contributed by atoms with Gasteiger partial charge in [-0.25, -0.2) is 9.55 Å². The molecule has 24 heavy (non-hydrogen) atoms. The van der Waals surface area contributed by atoms with Crippen molar-refractivity contribution >= 4 is 0 Å². The molecule has 0 spiro atoms. The molecule has 2 aromatic heterocycles. The Labute approximate surface area is 146 Å². The zero-order valence-electron chi connectivity index (χ0n) is 15.0. The highest BCUT2D eigenvalue weighted by atomic mass is 16.3. The van der Waals surface area contributed by atoms with Gasteiger partial charge in [0.1, 0.15) is 12.4 Å². The van der Waals surface area contributed by atoms with Gasteiger partial charge in [0.05, 0.1) is 6.54 Å². The van der Waals surface area contributed by atoms with Crippen LogP contribution in [0.25, 0.3) is 5.82 Å². The first kappa shape index (κ1) is 18.5. The van der Waals surface area contributed by atoms with E-state index in [1.54, 1.807) is 22.9 Å². The summed E-state index contributed by atoms with van der Waals surface area (Å²) in [7, 11) is 0. The third-order valence-electron chi connectivity index (χ3n) is 4.46. The van der Waals surface area contributed by atoms with Crippen molar-refractivity contribution in [1.29, 1.82) is 0 Å². The Hall–Kier alpha value is -1.84. The number of hydrogen-bond acceptors (Lipinski definition) is 2. The van der Waals surface area contributed by atoms with E-state index in [0.29, 0.717) is 5.82 Å². The van der Waals surface area contributed by atoms with Crippen LogP contribution in [0.1, 0.15) is 71.1 Å². The molecule has 132 valence electrons. The van der Waals surface area contributed by atoms with Crippen molar-refractivity contribution in [3.63, 3.8) is 0 Å². The summed E-state index contributed by atoms with van der Waals surface area (Å²) in [6.45, 7) is 3.27. The van der Waals surface area contributed by atoms with Crippen LogP contribution in [0.4, 0.5) is 0 Å². The van der Waals surface area contributed by atoms with Crippen molar-refractivity contribution < 1.29 is 9.67 Å². The highest BCUT2D eigenvalue weighted by Gasteiger charge is 2.07. The van der Waals surface area contributed by atoms with Gasteiger partial charge in [-0.2, -0.15) is 4.57 Å². The number of aryl methyl sites for hydroxylation is 1. The van der Waals surface area contributed by atoms with E-state index in [2.05, 4.69) is 16.5 Å². The lowest BCUT2D eigenvalue weighted by molar-refractivity contribution is -0.696. The van der Waals surface area contributed by atoms with Gasteiger partial charge in [-0.3, -0.25) is 0 Å². The summed E-state index contributed by atoms with van der Waals surface area (Å²) in [5.41, 5.74) is 0. The van der Waals surface area contributed by atoms with Crippen LogP contribution in [-0.4, -0.2) is 9.55 Å². The van der Waals surface area contributed by atoms with Crippen LogP contribution in [0, 0.1) is 0 Å². The molecule has 0 N–H and O–H groups in total. The first-order chi connectivity index (χ1) is 11.8. The number of imidazole rings is 1. The molecular weight excluding hydrogens is 298 g/mol. The van der Waals surface area contributed by atoms with Crippen LogP contribution in [-0.2, 0) is 6.54 Å². The summed E-state index contributed by atoms with van der Waals surface area (Å²) in [6.07, 6.45) is 21.0. The Morgan fingerprint density at radius 3 is 2.33 bits per heavy atom. The van der Waals surface area contributed by atoms with Crippen molar-refractivity contribution in [2.24, 2.45) is 0 Å². The van der Waals surface area contributed by atoms with Gasteiger partial charge in [0.2, 0.25) is 12.1 Å². The van der Waals surface area contributed by atoms with Crippen molar-refractivity contribution in [1.82, 2.24) is 9.55 Å². The van der Waals surface area contributed by atoms with Crippen LogP contribution in [0.3, 0.4) is 0 Å². The van der Waals surface area contributed by atoms with Crippen LogP contribution >= 0.6 is 0 Å². The number of rotatable bonds is 12. The number of pyridine rings is 1. The van der Waals surface area contributed by atoms with Gasteiger partial charge in [0.15, 0.2) is 0 Å². The second-order valence-corrected chi connectivity index (χ2v) is 6.57. The summed E-state index contributed by atoms with van der Waals surface area (Å²) in [5.74, 6) is 0.429. The highest BCUT2D eigenvalue weighted by molar-refractivity contribution is 5.36. The Balaban J connectivity index is 1.58. The maximum absolute atomic E-state index is 11.8. The van der Waals surface area contributed by atoms with E-state index in [9.17, 15) is 5.11 Å². The predicted octanol–water partition coefficient (Wildman–Crippen LogP) is 4.15. The maximum atomic E-state index is 11.8. The fourth-order valence-electron chi connectivity index (χ4n) is 3.01. The minimum absolute atomic E-state index is 0.0424. The lowest BCUT2D eigenvalue weighted by atomic mass is 10.1. The third-order valence-corrected chi connectivity index (χ3v) is 4.46. The minimum atomic E-state index is -0.0424. The van der Waals surface area contributed by atoms with Crippen LogP contribution in [0.5, 0.6) is 5.75 Å². The number of nitrogens with zero attached hydrogens (tertiary/aromatic N) is 3. The molecule has 2 heterocycles. The summed E-state index contributed by atoms with van der Waals surface area (Å²) in [4.78, 5) is 4.16. The maximum Gasteiger partial charge on any atom is 0.250 e. The highest BCUT2D eigenvalue weighted by Crippen LogP contribution is 2.13. The van der Waals surface area contributed by atoms with Crippen LogP contribution < -0.4 is 9.67 Å². The van der Waals surface area contributed by atoms with E-state index in [1.807, 2.05) is 18.7 Å². The average molecular weight is 329 g/mol. The summed E-state index contributed by atoms with van der Waals surface area (Å²) in [5, 5.41) is 11.8. The quantitative estimate of drug-likeness (QED) is 0.434. The molecule has 0 atom stereocenters. The molecule has 4 nitrogen and oxygen atoms in total. The fourth-order valence-corrected chi connectivity index (χ4v) is 3.01. The first-order valence-electron chi connectivity index (χ1n) is 9.50. The van der Waals surface area contributed by atoms with Gasteiger partial charge < -0.3 is 5.11 Å². The zero-order valence-corrected chi connectivity index (χ0v) is 15.0. The molecule has 0 amide bonds. The number of aromatic nitrogens is 3. The summed E-state index contributed by atoms with van der Waals surface area (Å²) >= 11 is 0. The molecule has 0 fully saturated rings. The normalized spacial score (nSPS) is 11.0. The van der Waals surface area contributed by atoms with Crippen molar-refractivity contribution in [3.05, 3.63) is 37.1 Å². The zero-order chi connectivity index (χ0) is 17.0. The van der Waals surface area contributed by atoms with Gasteiger partial charge >= 0.3 is 0 Å². The van der Waals surface area contributed by atoms with Crippen LogP contribution in [0.2, 0.25) is 0 Å². The molecule has 2 rings (SSSR count). The summed E-state index contributed by atoms with van der Waals surface area (Å²) in [6, 6.07) is 3.22. The molecule has 0 bridgehead atoms. The lowest BCUT2D eigenvalue weighted by Gasteiger charge is -2.06. The van der Waals surface area contributed by atoms with E-state index >= 15 is 0 Å². The molecule has 0 aromatic carbocycles.